The Balaban J connectivity index is 2.18. The Bertz CT molecular complexity index is 442. The minimum Gasteiger partial charge on any atom is -0.333 e. The molecule has 19 heavy (non-hydrogen) atoms. The summed E-state index contributed by atoms with van der Waals surface area (Å²) in [4.78, 5) is 14.8. The first-order valence-electron chi connectivity index (χ1n) is 7.17. The maximum absolute atomic E-state index is 12.7. The first kappa shape index (κ1) is 14.1. The Morgan fingerprint density at radius 3 is 2.84 bits per heavy atom. The number of carbonyl (C=O) groups excluding carboxylic acids is 1. The Labute approximate surface area is 116 Å². The van der Waals surface area contributed by atoms with Gasteiger partial charge in [-0.1, -0.05) is 32.0 Å². The summed E-state index contributed by atoms with van der Waals surface area (Å²) in [6.07, 6.45) is 1.06. The maximum atomic E-state index is 12.7. The van der Waals surface area contributed by atoms with Crippen molar-refractivity contribution in [1.82, 2.24) is 10.2 Å². The fraction of sp³-hybridized carbons (Fsp3) is 0.562. The average Bonchev–Trinajstić information content (AvgIpc) is 2.38. The van der Waals surface area contributed by atoms with Crippen molar-refractivity contribution < 1.29 is 4.79 Å². The van der Waals surface area contributed by atoms with Crippen LogP contribution in [-0.2, 0) is 0 Å². The maximum Gasteiger partial charge on any atom is 0.254 e. The van der Waals surface area contributed by atoms with Gasteiger partial charge in [0.1, 0.15) is 0 Å². The van der Waals surface area contributed by atoms with Gasteiger partial charge >= 0.3 is 0 Å². The minimum atomic E-state index is 0.185. The molecule has 0 bridgehead atoms. The van der Waals surface area contributed by atoms with Gasteiger partial charge in [0.15, 0.2) is 0 Å². The van der Waals surface area contributed by atoms with E-state index in [0.717, 1.165) is 37.2 Å². The van der Waals surface area contributed by atoms with Gasteiger partial charge in [-0.3, -0.25) is 4.79 Å². The van der Waals surface area contributed by atoms with Crippen LogP contribution in [0, 0.1) is 12.8 Å². The van der Waals surface area contributed by atoms with Crippen LogP contribution in [0.4, 0.5) is 0 Å². The molecule has 3 heteroatoms. The fourth-order valence-corrected chi connectivity index (χ4v) is 2.75. The zero-order valence-electron chi connectivity index (χ0n) is 12.1. The molecule has 0 radical (unpaired) electrons. The van der Waals surface area contributed by atoms with Crippen LogP contribution in [0.15, 0.2) is 24.3 Å². The summed E-state index contributed by atoms with van der Waals surface area (Å²) < 4.78 is 0. The van der Waals surface area contributed by atoms with Crippen LogP contribution in [-0.4, -0.2) is 36.5 Å². The van der Waals surface area contributed by atoms with E-state index in [0.29, 0.717) is 12.0 Å². The van der Waals surface area contributed by atoms with Crippen LogP contribution in [0.3, 0.4) is 0 Å². The number of aryl methyl sites for hydroxylation is 1. The van der Waals surface area contributed by atoms with Gasteiger partial charge in [0.05, 0.1) is 0 Å². The normalized spacial score (nSPS) is 19.8. The lowest BCUT2D eigenvalue weighted by Gasteiger charge is -2.37. The molecule has 0 aromatic heterocycles. The van der Waals surface area contributed by atoms with Gasteiger partial charge in [0.25, 0.3) is 5.91 Å². The molecule has 1 fully saturated rings. The zero-order valence-corrected chi connectivity index (χ0v) is 12.1. The summed E-state index contributed by atoms with van der Waals surface area (Å²) in [6, 6.07) is 8.19. The molecule has 1 aromatic rings. The van der Waals surface area contributed by atoms with Crippen LogP contribution >= 0.6 is 0 Å². The molecular weight excluding hydrogens is 236 g/mol. The molecule has 104 valence electrons. The van der Waals surface area contributed by atoms with Crippen molar-refractivity contribution >= 4 is 5.91 Å². The third-order valence-electron chi connectivity index (χ3n) is 3.73. The molecule has 1 N–H and O–H groups in total. The van der Waals surface area contributed by atoms with Crippen molar-refractivity contribution in [1.29, 1.82) is 0 Å². The molecule has 1 atom stereocenters. The summed E-state index contributed by atoms with van der Waals surface area (Å²) in [7, 11) is 0. The van der Waals surface area contributed by atoms with Crippen molar-refractivity contribution in [3.8, 4) is 0 Å². The standard InChI is InChI=1S/C16H24N2O/c1-12(2)10-14-11-17-8-9-18(14)16(19)15-7-5-4-6-13(15)3/h4-7,12,14,17H,8-11H2,1-3H3. The Morgan fingerprint density at radius 2 is 2.16 bits per heavy atom. The molecule has 1 saturated heterocycles. The van der Waals surface area contributed by atoms with E-state index >= 15 is 0 Å². The second kappa shape index (κ2) is 6.20. The molecule has 1 amide bonds. The molecular formula is C16H24N2O. The number of nitrogens with zero attached hydrogens (tertiary/aromatic N) is 1. The molecule has 1 aliphatic rings. The average molecular weight is 260 g/mol. The summed E-state index contributed by atoms with van der Waals surface area (Å²) in [6.45, 7) is 9.05. The Morgan fingerprint density at radius 1 is 1.42 bits per heavy atom. The zero-order chi connectivity index (χ0) is 13.8. The van der Waals surface area contributed by atoms with Crippen molar-refractivity contribution in [3.63, 3.8) is 0 Å². The van der Waals surface area contributed by atoms with E-state index in [2.05, 4.69) is 24.1 Å². The predicted molar refractivity (Wildman–Crippen MR) is 78.3 cm³/mol. The van der Waals surface area contributed by atoms with E-state index in [1.54, 1.807) is 0 Å². The molecule has 1 aromatic carbocycles. The van der Waals surface area contributed by atoms with E-state index in [1.165, 1.54) is 0 Å². The lowest BCUT2D eigenvalue weighted by atomic mass is 9.99. The van der Waals surface area contributed by atoms with Crippen LogP contribution in [0.25, 0.3) is 0 Å². The second-order valence-electron chi connectivity index (χ2n) is 5.80. The van der Waals surface area contributed by atoms with E-state index in [-0.39, 0.29) is 5.91 Å². The van der Waals surface area contributed by atoms with Crippen molar-refractivity contribution in [3.05, 3.63) is 35.4 Å². The molecule has 1 aliphatic heterocycles. The van der Waals surface area contributed by atoms with Gasteiger partial charge in [-0.15, -0.1) is 0 Å². The monoisotopic (exact) mass is 260 g/mol. The molecule has 0 saturated carbocycles. The minimum absolute atomic E-state index is 0.185. The number of benzene rings is 1. The molecule has 1 unspecified atom stereocenters. The highest BCUT2D eigenvalue weighted by atomic mass is 16.2. The number of carbonyl (C=O) groups is 1. The number of amides is 1. The van der Waals surface area contributed by atoms with E-state index in [9.17, 15) is 4.79 Å². The van der Waals surface area contributed by atoms with Gasteiger partial charge < -0.3 is 10.2 Å². The van der Waals surface area contributed by atoms with E-state index < -0.39 is 0 Å². The lowest BCUT2D eigenvalue weighted by Crippen LogP contribution is -2.54. The Kier molecular flexibility index (Phi) is 4.59. The Hall–Kier alpha value is -1.35. The smallest absolute Gasteiger partial charge is 0.254 e. The summed E-state index contributed by atoms with van der Waals surface area (Å²) >= 11 is 0. The first-order chi connectivity index (χ1) is 9.09. The molecule has 2 rings (SSSR count). The number of nitrogens with one attached hydrogen (secondary N) is 1. The van der Waals surface area contributed by atoms with Gasteiger partial charge in [-0.05, 0) is 30.9 Å². The highest BCUT2D eigenvalue weighted by Crippen LogP contribution is 2.18. The van der Waals surface area contributed by atoms with E-state index in [4.69, 9.17) is 0 Å². The number of hydrogen-bond acceptors (Lipinski definition) is 2. The topological polar surface area (TPSA) is 32.3 Å². The van der Waals surface area contributed by atoms with Crippen molar-refractivity contribution in [2.45, 2.75) is 33.2 Å². The van der Waals surface area contributed by atoms with E-state index in [1.807, 2.05) is 31.2 Å². The second-order valence-corrected chi connectivity index (χ2v) is 5.80. The number of hydrogen-bond donors (Lipinski definition) is 1. The van der Waals surface area contributed by atoms with Crippen molar-refractivity contribution in [2.24, 2.45) is 5.92 Å². The molecule has 3 nitrogen and oxygen atoms in total. The third kappa shape index (κ3) is 3.35. The van der Waals surface area contributed by atoms with Crippen LogP contribution < -0.4 is 5.32 Å². The third-order valence-corrected chi connectivity index (χ3v) is 3.73. The van der Waals surface area contributed by atoms with Gasteiger partial charge in [-0.25, -0.2) is 0 Å². The number of piperazine rings is 1. The van der Waals surface area contributed by atoms with Gasteiger partial charge in [0.2, 0.25) is 0 Å². The summed E-state index contributed by atoms with van der Waals surface area (Å²) in [5.41, 5.74) is 1.91. The number of rotatable bonds is 3. The fourth-order valence-electron chi connectivity index (χ4n) is 2.75. The lowest BCUT2D eigenvalue weighted by molar-refractivity contribution is 0.0609. The SMILES string of the molecule is Cc1ccccc1C(=O)N1CCNCC1CC(C)C. The first-order valence-corrected chi connectivity index (χ1v) is 7.17. The molecule has 0 aliphatic carbocycles. The largest absolute Gasteiger partial charge is 0.333 e. The highest BCUT2D eigenvalue weighted by Gasteiger charge is 2.28. The quantitative estimate of drug-likeness (QED) is 0.905. The predicted octanol–water partition coefficient (Wildman–Crippen LogP) is 2.46. The molecule has 0 spiro atoms. The highest BCUT2D eigenvalue weighted by molar-refractivity contribution is 5.95. The van der Waals surface area contributed by atoms with Crippen LogP contribution in [0.2, 0.25) is 0 Å². The van der Waals surface area contributed by atoms with Gasteiger partial charge in [0, 0.05) is 31.2 Å². The van der Waals surface area contributed by atoms with Crippen molar-refractivity contribution in [2.75, 3.05) is 19.6 Å². The summed E-state index contributed by atoms with van der Waals surface area (Å²) in [5.74, 6) is 0.794. The van der Waals surface area contributed by atoms with Gasteiger partial charge in [-0.2, -0.15) is 0 Å². The molecule has 1 heterocycles. The van der Waals surface area contributed by atoms with Crippen LogP contribution in [0.5, 0.6) is 0 Å². The summed E-state index contributed by atoms with van der Waals surface area (Å²) in [5, 5.41) is 3.40. The van der Waals surface area contributed by atoms with Crippen LogP contribution in [0.1, 0.15) is 36.2 Å².